The smallest absolute Gasteiger partial charge is 0.252 e. The Hall–Kier alpha value is -3.26. The first kappa shape index (κ1) is 22.5. The fraction of sp³-hybridized carbons (Fsp3) is 0.462. The lowest BCUT2D eigenvalue weighted by Crippen LogP contribution is -2.39. The quantitative estimate of drug-likeness (QED) is 0.392. The molecular formula is C26H32N6O2. The van der Waals surface area contributed by atoms with Gasteiger partial charge in [0.25, 0.3) is 5.56 Å². The molecular weight excluding hydrogens is 428 g/mol. The molecule has 8 heteroatoms. The van der Waals surface area contributed by atoms with Crippen LogP contribution in [-0.4, -0.2) is 36.1 Å². The number of pyridine rings is 1. The number of aromatic amines is 1. The van der Waals surface area contributed by atoms with E-state index in [1.165, 1.54) is 18.4 Å². The third-order valence-electron chi connectivity index (χ3n) is 7.07. The zero-order valence-corrected chi connectivity index (χ0v) is 19.9. The number of furan rings is 1. The summed E-state index contributed by atoms with van der Waals surface area (Å²) in [6, 6.07) is 12.5. The molecule has 1 fully saturated rings. The highest BCUT2D eigenvalue weighted by Gasteiger charge is 2.32. The molecule has 0 unspecified atom stereocenters. The van der Waals surface area contributed by atoms with Gasteiger partial charge in [0.2, 0.25) is 0 Å². The number of hydrogen-bond donors (Lipinski definition) is 1. The summed E-state index contributed by atoms with van der Waals surface area (Å²) in [7, 11) is 0. The number of tetrazole rings is 1. The van der Waals surface area contributed by atoms with Crippen molar-refractivity contribution in [3.63, 3.8) is 0 Å². The van der Waals surface area contributed by atoms with Crippen LogP contribution in [0.2, 0.25) is 0 Å². The summed E-state index contributed by atoms with van der Waals surface area (Å²) in [5.74, 6) is 1.63. The Labute approximate surface area is 199 Å². The third-order valence-corrected chi connectivity index (χ3v) is 7.07. The zero-order valence-electron chi connectivity index (χ0n) is 19.9. The molecule has 178 valence electrons. The van der Waals surface area contributed by atoms with Gasteiger partial charge in [0.05, 0.1) is 12.3 Å². The normalized spacial score (nSPS) is 15.5. The van der Waals surface area contributed by atoms with Gasteiger partial charge in [-0.2, -0.15) is 0 Å². The van der Waals surface area contributed by atoms with Crippen molar-refractivity contribution in [1.29, 1.82) is 0 Å². The van der Waals surface area contributed by atoms with Gasteiger partial charge in [-0.3, -0.25) is 9.69 Å². The second-order valence-electron chi connectivity index (χ2n) is 9.21. The van der Waals surface area contributed by atoms with Gasteiger partial charge in [-0.05, 0) is 77.4 Å². The van der Waals surface area contributed by atoms with Crippen LogP contribution in [0.5, 0.6) is 0 Å². The number of hydrogen-bond acceptors (Lipinski definition) is 6. The Morgan fingerprint density at radius 1 is 1.21 bits per heavy atom. The van der Waals surface area contributed by atoms with Gasteiger partial charge in [-0.25, -0.2) is 4.68 Å². The third kappa shape index (κ3) is 4.55. The SMILES string of the molecule is CCc1ccc2[nH]c(=O)c(CN(C3CCCC3)[C@H](CC)c3nnnn3Cc3ccco3)cc2c1. The van der Waals surface area contributed by atoms with Crippen molar-refractivity contribution in [2.75, 3.05) is 0 Å². The van der Waals surface area contributed by atoms with Crippen molar-refractivity contribution < 1.29 is 4.42 Å². The number of aromatic nitrogens is 5. The van der Waals surface area contributed by atoms with Crippen LogP contribution in [0, 0.1) is 0 Å². The van der Waals surface area contributed by atoms with Crippen LogP contribution in [0.4, 0.5) is 0 Å². The van der Waals surface area contributed by atoms with Crippen LogP contribution in [0.25, 0.3) is 10.9 Å². The molecule has 1 N–H and O–H groups in total. The average Bonchev–Trinajstić information content (AvgIpc) is 3.63. The minimum absolute atomic E-state index is 0.00475. The lowest BCUT2D eigenvalue weighted by Gasteiger charge is -2.35. The minimum Gasteiger partial charge on any atom is -0.467 e. The average molecular weight is 461 g/mol. The van der Waals surface area contributed by atoms with Gasteiger partial charge in [0.15, 0.2) is 5.82 Å². The number of rotatable bonds is 9. The van der Waals surface area contributed by atoms with E-state index in [0.717, 1.165) is 53.7 Å². The molecule has 0 bridgehead atoms. The number of fused-ring (bicyclic) bond motifs is 1. The van der Waals surface area contributed by atoms with Crippen LogP contribution in [0.3, 0.4) is 0 Å². The largest absolute Gasteiger partial charge is 0.467 e. The zero-order chi connectivity index (χ0) is 23.5. The van der Waals surface area contributed by atoms with Crippen molar-refractivity contribution in [1.82, 2.24) is 30.1 Å². The van der Waals surface area contributed by atoms with Crippen LogP contribution < -0.4 is 5.56 Å². The summed E-state index contributed by atoms with van der Waals surface area (Å²) in [6.45, 7) is 5.37. The van der Waals surface area contributed by atoms with E-state index in [1.807, 2.05) is 22.9 Å². The highest BCUT2D eigenvalue weighted by Crippen LogP contribution is 2.33. The van der Waals surface area contributed by atoms with Gasteiger partial charge >= 0.3 is 0 Å². The number of H-pyrrole nitrogens is 1. The van der Waals surface area contributed by atoms with Crippen LogP contribution in [0.1, 0.15) is 74.7 Å². The first-order chi connectivity index (χ1) is 16.7. The van der Waals surface area contributed by atoms with Crippen molar-refractivity contribution >= 4 is 10.9 Å². The fourth-order valence-corrected chi connectivity index (χ4v) is 5.24. The monoisotopic (exact) mass is 460 g/mol. The molecule has 1 saturated carbocycles. The maximum Gasteiger partial charge on any atom is 0.252 e. The summed E-state index contributed by atoms with van der Waals surface area (Å²) in [6.07, 6.45) is 8.15. The molecule has 1 aliphatic rings. The molecule has 4 aromatic rings. The molecule has 0 radical (unpaired) electrons. The van der Waals surface area contributed by atoms with Crippen LogP contribution in [0.15, 0.2) is 51.9 Å². The van der Waals surface area contributed by atoms with E-state index in [4.69, 9.17) is 4.42 Å². The van der Waals surface area contributed by atoms with Gasteiger partial charge in [0, 0.05) is 23.7 Å². The Morgan fingerprint density at radius 2 is 2.06 bits per heavy atom. The van der Waals surface area contributed by atoms with Crippen LogP contribution in [-0.2, 0) is 19.5 Å². The summed E-state index contributed by atoms with van der Waals surface area (Å²) in [5, 5.41) is 13.8. The number of nitrogens with one attached hydrogen (secondary N) is 1. The van der Waals surface area contributed by atoms with E-state index in [0.29, 0.717) is 19.1 Å². The molecule has 5 rings (SSSR count). The first-order valence-electron chi connectivity index (χ1n) is 12.3. The summed E-state index contributed by atoms with van der Waals surface area (Å²) >= 11 is 0. The molecule has 3 aromatic heterocycles. The van der Waals surface area contributed by atoms with Crippen LogP contribution >= 0.6 is 0 Å². The molecule has 0 aliphatic heterocycles. The van der Waals surface area contributed by atoms with Gasteiger partial charge in [0.1, 0.15) is 12.3 Å². The highest BCUT2D eigenvalue weighted by atomic mass is 16.3. The molecule has 0 saturated heterocycles. The standard InChI is InChI=1S/C26H32N6O2/c1-3-18-11-12-23-19(14-18)15-20(26(33)27-23)16-31(21-8-5-6-9-21)24(4-2)25-28-29-30-32(25)17-22-10-7-13-34-22/h7,10-15,21,24H,3-6,8-9,16-17H2,1-2H3,(H,27,33)/t24-/m1/s1. The second-order valence-corrected chi connectivity index (χ2v) is 9.21. The van der Waals surface area contributed by atoms with E-state index < -0.39 is 0 Å². The van der Waals surface area contributed by atoms with Gasteiger partial charge in [-0.15, -0.1) is 5.10 Å². The predicted octanol–water partition coefficient (Wildman–Crippen LogP) is 4.61. The summed E-state index contributed by atoms with van der Waals surface area (Å²) < 4.78 is 7.36. The number of benzene rings is 1. The van der Waals surface area contributed by atoms with Crippen molar-refractivity contribution in [3.8, 4) is 0 Å². The predicted molar refractivity (Wildman–Crippen MR) is 130 cm³/mol. The van der Waals surface area contributed by atoms with Crippen molar-refractivity contribution in [2.24, 2.45) is 0 Å². The number of nitrogens with zero attached hydrogens (tertiary/aromatic N) is 5. The van der Waals surface area contributed by atoms with Crippen molar-refractivity contribution in [3.05, 3.63) is 75.7 Å². The lowest BCUT2D eigenvalue weighted by atomic mass is 10.0. The Kier molecular flexibility index (Phi) is 6.58. The van der Waals surface area contributed by atoms with E-state index in [2.05, 4.69) is 57.5 Å². The van der Waals surface area contributed by atoms with E-state index >= 15 is 0 Å². The van der Waals surface area contributed by atoms with Crippen molar-refractivity contribution in [2.45, 2.75) is 77.5 Å². The topological polar surface area (TPSA) is 92.8 Å². The molecule has 0 spiro atoms. The summed E-state index contributed by atoms with van der Waals surface area (Å²) in [4.78, 5) is 18.6. The molecule has 1 aliphatic carbocycles. The van der Waals surface area contributed by atoms with Gasteiger partial charge in [-0.1, -0.05) is 32.8 Å². The fourth-order valence-electron chi connectivity index (χ4n) is 5.24. The van der Waals surface area contributed by atoms with E-state index in [1.54, 1.807) is 6.26 Å². The Morgan fingerprint density at radius 3 is 2.79 bits per heavy atom. The van der Waals surface area contributed by atoms with E-state index in [9.17, 15) is 4.79 Å². The molecule has 1 atom stereocenters. The highest BCUT2D eigenvalue weighted by molar-refractivity contribution is 5.79. The minimum atomic E-state index is -0.0234. The molecule has 34 heavy (non-hydrogen) atoms. The maximum atomic E-state index is 13.1. The Bertz CT molecular complexity index is 1290. The first-order valence-corrected chi connectivity index (χ1v) is 12.3. The van der Waals surface area contributed by atoms with Gasteiger partial charge < -0.3 is 9.40 Å². The molecule has 8 nitrogen and oxygen atoms in total. The maximum absolute atomic E-state index is 13.1. The van der Waals surface area contributed by atoms with E-state index in [-0.39, 0.29) is 11.6 Å². The Balaban J connectivity index is 1.50. The number of aryl methyl sites for hydroxylation is 1. The molecule has 0 amide bonds. The second kappa shape index (κ2) is 9.93. The summed E-state index contributed by atoms with van der Waals surface area (Å²) in [5.41, 5.74) is 2.91. The lowest BCUT2D eigenvalue weighted by molar-refractivity contribution is 0.112. The molecule has 3 heterocycles. The molecule has 1 aromatic carbocycles.